The molecule has 1 aromatic carbocycles. The predicted molar refractivity (Wildman–Crippen MR) is 105 cm³/mol. The van der Waals surface area contributed by atoms with Crippen LogP contribution >= 0.6 is 0 Å². The first-order valence-electron chi connectivity index (χ1n) is 8.97. The molecule has 0 spiro atoms. The van der Waals surface area contributed by atoms with Crippen LogP contribution < -0.4 is 5.32 Å². The molecule has 0 saturated heterocycles. The van der Waals surface area contributed by atoms with Crippen LogP contribution in [0.25, 0.3) is 11.1 Å². The number of fused-ring (bicyclic) bond motifs is 1. The number of hydrogen-bond acceptors (Lipinski definition) is 7. The van der Waals surface area contributed by atoms with Gasteiger partial charge in [-0.3, -0.25) is 14.9 Å². The topological polar surface area (TPSA) is 125 Å². The molecule has 9 heteroatoms. The number of carbonyl (C=O) groups excluding carboxylic acids is 2. The van der Waals surface area contributed by atoms with Gasteiger partial charge >= 0.3 is 5.97 Å². The van der Waals surface area contributed by atoms with Crippen LogP contribution in [0.4, 0.5) is 11.4 Å². The average Bonchev–Trinajstić information content (AvgIpc) is 3.06. The number of hydrogen-bond donors (Lipinski definition) is 1. The maximum atomic E-state index is 12.7. The number of aromatic nitrogens is 1. The summed E-state index contributed by atoms with van der Waals surface area (Å²) in [5, 5.41) is 14.0. The number of furan rings is 1. The van der Waals surface area contributed by atoms with Crippen molar-refractivity contribution in [2.75, 3.05) is 11.9 Å². The minimum Gasteiger partial charge on any atom is -0.460 e. The van der Waals surface area contributed by atoms with Crippen LogP contribution in [0.15, 0.2) is 47.0 Å². The molecule has 3 aromatic rings. The lowest BCUT2D eigenvalue weighted by molar-refractivity contribution is -0.384. The minimum absolute atomic E-state index is 0.0663. The van der Waals surface area contributed by atoms with Crippen molar-refractivity contribution in [2.24, 2.45) is 5.92 Å². The number of nitrogens with one attached hydrogen (secondary N) is 1. The van der Waals surface area contributed by atoms with Crippen molar-refractivity contribution in [3.05, 3.63) is 64.0 Å². The Morgan fingerprint density at radius 2 is 2.07 bits per heavy atom. The van der Waals surface area contributed by atoms with Gasteiger partial charge in [0.05, 0.1) is 16.9 Å². The Bertz CT molecular complexity index is 1070. The van der Waals surface area contributed by atoms with Gasteiger partial charge in [0, 0.05) is 23.9 Å². The summed E-state index contributed by atoms with van der Waals surface area (Å²) >= 11 is 0. The monoisotopic (exact) mass is 397 g/mol. The number of nitrogens with zero attached hydrogens (tertiary/aromatic N) is 2. The van der Waals surface area contributed by atoms with Gasteiger partial charge in [0.2, 0.25) is 11.5 Å². The number of ether oxygens (including phenoxy) is 1. The molecule has 0 aliphatic rings. The molecule has 2 aromatic heterocycles. The second-order valence-corrected chi connectivity index (χ2v) is 6.74. The van der Waals surface area contributed by atoms with Crippen molar-refractivity contribution >= 4 is 34.4 Å². The van der Waals surface area contributed by atoms with Crippen molar-refractivity contribution in [3.63, 3.8) is 0 Å². The Hall–Kier alpha value is -3.75. The van der Waals surface area contributed by atoms with E-state index in [2.05, 4.69) is 10.3 Å². The molecular weight excluding hydrogens is 378 g/mol. The van der Waals surface area contributed by atoms with Crippen molar-refractivity contribution in [2.45, 2.75) is 20.3 Å². The largest absolute Gasteiger partial charge is 0.460 e. The molecule has 9 nitrogen and oxygen atoms in total. The van der Waals surface area contributed by atoms with Crippen LogP contribution in [-0.4, -0.2) is 28.4 Å². The molecule has 0 radical (unpaired) electrons. The Balaban J connectivity index is 1.91. The summed E-state index contributed by atoms with van der Waals surface area (Å²) in [4.78, 5) is 39.6. The number of non-ortho nitro benzene ring substituents is 1. The Morgan fingerprint density at radius 1 is 1.28 bits per heavy atom. The third-order valence-corrected chi connectivity index (χ3v) is 4.14. The maximum Gasteiger partial charge on any atom is 0.376 e. The van der Waals surface area contributed by atoms with Gasteiger partial charge in [-0.1, -0.05) is 19.9 Å². The van der Waals surface area contributed by atoms with Gasteiger partial charge in [0.1, 0.15) is 5.69 Å². The van der Waals surface area contributed by atoms with E-state index in [0.717, 1.165) is 6.07 Å². The van der Waals surface area contributed by atoms with Crippen LogP contribution in [0.2, 0.25) is 0 Å². The molecule has 0 saturated carbocycles. The normalized spacial score (nSPS) is 10.9. The number of nitro benzene ring substituents is 1. The number of pyridine rings is 1. The molecule has 1 N–H and O–H groups in total. The van der Waals surface area contributed by atoms with Crippen LogP contribution in [0.1, 0.15) is 41.2 Å². The average molecular weight is 397 g/mol. The van der Waals surface area contributed by atoms with E-state index >= 15 is 0 Å². The van der Waals surface area contributed by atoms with Crippen molar-refractivity contribution < 1.29 is 23.7 Å². The summed E-state index contributed by atoms with van der Waals surface area (Å²) in [5.41, 5.74) is 0.123. The third kappa shape index (κ3) is 4.57. The molecule has 0 atom stereocenters. The van der Waals surface area contributed by atoms with Gasteiger partial charge in [-0.2, -0.15) is 0 Å². The Labute approximate surface area is 165 Å². The fourth-order valence-corrected chi connectivity index (χ4v) is 2.60. The predicted octanol–water partition coefficient (Wildman–Crippen LogP) is 4.19. The quantitative estimate of drug-likeness (QED) is 0.360. The SMILES string of the molecule is CC(C)CCOC(=O)c1oc2ncccc2c1NC(=O)c1cccc([N+](=O)[O-])c1. The fourth-order valence-electron chi connectivity index (χ4n) is 2.60. The summed E-state index contributed by atoms with van der Waals surface area (Å²) in [6.45, 7) is 4.21. The molecule has 0 aliphatic heterocycles. The number of benzene rings is 1. The molecule has 150 valence electrons. The number of nitro groups is 1. The van der Waals surface area contributed by atoms with E-state index in [-0.39, 0.29) is 35.0 Å². The van der Waals surface area contributed by atoms with Gasteiger partial charge in [-0.05, 0) is 30.5 Å². The molecule has 0 aliphatic carbocycles. The highest BCUT2D eigenvalue weighted by atomic mass is 16.6. The molecule has 1 amide bonds. The first kappa shape index (κ1) is 20.0. The summed E-state index contributed by atoms with van der Waals surface area (Å²) in [6.07, 6.45) is 2.17. The highest BCUT2D eigenvalue weighted by molar-refractivity contribution is 6.13. The van der Waals surface area contributed by atoms with Crippen molar-refractivity contribution in [1.29, 1.82) is 0 Å². The molecule has 29 heavy (non-hydrogen) atoms. The van der Waals surface area contributed by atoms with Crippen LogP contribution in [0.5, 0.6) is 0 Å². The van der Waals surface area contributed by atoms with Gasteiger partial charge < -0.3 is 14.5 Å². The zero-order valence-electron chi connectivity index (χ0n) is 15.9. The first-order valence-corrected chi connectivity index (χ1v) is 8.97. The lowest BCUT2D eigenvalue weighted by atomic mass is 10.1. The highest BCUT2D eigenvalue weighted by Gasteiger charge is 2.25. The van der Waals surface area contributed by atoms with Gasteiger partial charge in [0.15, 0.2) is 0 Å². The molecule has 2 heterocycles. The number of amides is 1. The Morgan fingerprint density at radius 3 is 2.79 bits per heavy atom. The minimum atomic E-state index is -0.724. The number of rotatable bonds is 7. The lowest BCUT2D eigenvalue weighted by Crippen LogP contribution is -2.15. The smallest absolute Gasteiger partial charge is 0.376 e. The summed E-state index contributed by atoms with van der Waals surface area (Å²) in [7, 11) is 0. The van der Waals surface area contributed by atoms with Gasteiger partial charge in [-0.25, -0.2) is 9.78 Å². The van der Waals surface area contributed by atoms with Crippen LogP contribution in [0.3, 0.4) is 0 Å². The Kier molecular flexibility index (Phi) is 5.87. The highest BCUT2D eigenvalue weighted by Crippen LogP contribution is 2.31. The summed E-state index contributed by atoms with van der Waals surface area (Å²) in [6, 6.07) is 8.54. The van der Waals surface area contributed by atoms with Gasteiger partial charge in [0.25, 0.3) is 11.6 Å². The van der Waals surface area contributed by atoms with Gasteiger partial charge in [-0.15, -0.1) is 0 Å². The summed E-state index contributed by atoms with van der Waals surface area (Å²) in [5.74, 6) is -1.18. The second kappa shape index (κ2) is 8.51. The molecule has 3 rings (SSSR count). The van der Waals surface area contributed by atoms with Crippen molar-refractivity contribution in [3.8, 4) is 0 Å². The number of esters is 1. The molecule has 0 unspecified atom stereocenters. The van der Waals surface area contributed by atoms with E-state index in [1.165, 1.54) is 24.4 Å². The van der Waals surface area contributed by atoms with Crippen LogP contribution in [-0.2, 0) is 4.74 Å². The lowest BCUT2D eigenvalue weighted by Gasteiger charge is -2.08. The molecule has 0 bridgehead atoms. The zero-order chi connectivity index (χ0) is 21.0. The fraction of sp³-hybridized carbons (Fsp3) is 0.250. The summed E-state index contributed by atoms with van der Waals surface area (Å²) < 4.78 is 10.8. The van der Waals surface area contributed by atoms with E-state index in [1.807, 2.05) is 13.8 Å². The number of carbonyl (C=O) groups is 2. The van der Waals surface area contributed by atoms with E-state index in [1.54, 1.807) is 12.1 Å². The second-order valence-electron chi connectivity index (χ2n) is 6.74. The van der Waals surface area contributed by atoms with Crippen LogP contribution in [0, 0.1) is 16.0 Å². The zero-order valence-corrected chi connectivity index (χ0v) is 15.9. The van der Waals surface area contributed by atoms with E-state index in [9.17, 15) is 19.7 Å². The van der Waals surface area contributed by atoms with E-state index < -0.39 is 16.8 Å². The van der Waals surface area contributed by atoms with E-state index in [0.29, 0.717) is 17.7 Å². The maximum absolute atomic E-state index is 12.7. The number of anilines is 1. The standard InChI is InChI=1S/C20H19N3O6/c1-12(2)8-10-28-20(25)17-16(15-7-4-9-21-19(15)29-17)22-18(24)13-5-3-6-14(11-13)23(26)27/h3-7,9,11-12H,8,10H2,1-2H3,(H,22,24). The molecule has 0 fully saturated rings. The first-order chi connectivity index (χ1) is 13.9. The van der Waals surface area contributed by atoms with Crippen molar-refractivity contribution in [1.82, 2.24) is 4.98 Å². The molecular formula is C20H19N3O6. The van der Waals surface area contributed by atoms with E-state index in [4.69, 9.17) is 9.15 Å². The third-order valence-electron chi connectivity index (χ3n) is 4.14.